The van der Waals surface area contributed by atoms with Crippen LogP contribution in [0.4, 0.5) is 12.9 Å². The van der Waals surface area contributed by atoms with Crippen LogP contribution in [0.25, 0.3) is 0 Å². The van der Waals surface area contributed by atoms with Gasteiger partial charge in [-0.15, -0.1) is 0 Å². The maximum atomic E-state index is 13.1. The van der Waals surface area contributed by atoms with Crippen molar-refractivity contribution in [2.24, 2.45) is 0 Å². The van der Waals surface area contributed by atoms with Crippen LogP contribution >= 0.6 is 0 Å². The number of rotatable bonds is 3. The molecule has 0 atom stereocenters. The van der Waals surface area contributed by atoms with E-state index in [0.717, 1.165) is 0 Å². The molecule has 0 spiro atoms. The minimum atomic E-state index is -3.73. The Morgan fingerprint density at radius 2 is 1.50 bits per heavy atom. The SMILES string of the molecule is CC[Si](F)(CC)C(C)(F)F. The van der Waals surface area contributed by atoms with E-state index in [2.05, 4.69) is 0 Å². The van der Waals surface area contributed by atoms with E-state index in [1.54, 1.807) is 0 Å². The zero-order valence-corrected chi connectivity index (χ0v) is 7.55. The predicted octanol–water partition coefficient (Wildman–Crippen LogP) is 3.14. The average molecular weight is 170 g/mol. The lowest BCUT2D eigenvalue weighted by Gasteiger charge is -2.25. The summed E-state index contributed by atoms with van der Waals surface area (Å²) in [5.74, 6) is 0. The van der Waals surface area contributed by atoms with E-state index in [-0.39, 0.29) is 12.1 Å². The van der Waals surface area contributed by atoms with Crippen molar-refractivity contribution in [2.45, 2.75) is 38.4 Å². The van der Waals surface area contributed by atoms with Crippen molar-refractivity contribution in [1.82, 2.24) is 0 Å². The molecule has 0 radical (unpaired) electrons. The van der Waals surface area contributed by atoms with Gasteiger partial charge in [-0.3, -0.25) is 0 Å². The first-order valence-corrected chi connectivity index (χ1v) is 5.73. The molecule has 62 valence electrons. The highest BCUT2D eigenvalue weighted by atomic mass is 28.4. The van der Waals surface area contributed by atoms with Crippen molar-refractivity contribution in [3.63, 3.8) is 0 Å². The topological polar surface area (TPSA) is 0 Å². The van der Waals surface area contributed by atoms with E-state index in [1.165, 1.54) is 13.8 Å². The van der Waals surface area contributed by atoms with Crippen molar-refractivity contribution in [1.29, 1.82) is 0 Å². The zero-order chi connectivity index (χ0) is 8.41. The number of hydrogen-bond donors (Lipinski definition) is 0. The van der Waals surface area contributed by atoms with Crippen molar-refractivity contribution < 1.29 is 12.9 Å². The first kappa shape index (κ1) is 10.0. The molecular formula is C6H13F3Si. The van der Waals surface area contributed by atoms with Gasteiger partial charge in [-0.05, 0) is 19.0 Å². The minimum Gasteiger partial charge on any atom is -0.307 e. The Morgan fingerprint density at radius 3 is 1.50 bits per heavy atom. The second-order valence-electron chi connectivity index (χ2n) is 2.56. The van der Waals surface area contributed by atoms with Crippen LogP contribution < -0.4 is 0 Å². The fourth-order valence-corrected chi connectivity index (χ4v) is 2.61. The molecule has 10 heavy (non-hydrogen) atoms. The van der Waals surface area contributed by atoms with Gasteiger partial charge < -0.3 is 4.11 Å². The summed E-state index contributed by atoms with van der Waals surface area (Å²) >= 11 is 0. The fraction of sp³-hybridized carbons (Fsp3) is 1.00. The van der Waals surface area contributed by atoms with Crippen LogP contribution in [0.2, 0.25) is 12.1 Å². The second kappa shape index (κ2) is 2.94. The molecule has 0 aliphatic carbocycles. The molecule has 0 heterocycles. The molecule has 0 aliphatic heterocycles. The summed E-state index contributed by atoms with van der Waals surface area (Å²) < 4.78 is 38.1. The van der Waals surface area contributed by atoms with Crippen LogP contribution in [-0.2, 0) is 0 Å². The number of halogens is 3. The Morgan fingerprint density at radius 1 is 1.20 bits per heavy atom. The molecule has 0 aromatic rings. The molecule has 0 amide bonds. The molecule has 0 aliphatic rings. The van der Waals surface area contributed by atoms with Gasteiger partial charge >= 0.3 is 8.41 Å². The van der Waals surface area contributed by atoms with Gasteiger partial charge in [0.15, 0.2) is 0 Å². The lowest BCUT2D eigenvalue weighted by molar-refractivity contribution is 0.0901. The van der Waals surface area contributed by atoms with Gasteiger partial charge in [-0.2, -0.15) is 0 Å². The highest BCUT2D eigenvalue weighted by Crippen LogP contribution is 2.33. The molecule has 0 aromatic heterocycles. The Labute approximate surface area is 60.6 Å². The maximum Gasteiger partial charge on any atom is 0.322 e. The number of alkyl halides is 2. The largest absolute Gasteiger partial charge is 0.322 e. The van der Waals surface area contributed by atoms with E-state index >= 15 is 0 Å². The van der Waals surface area contributed by atoms with Crippen LogP contribution in [0, 0.1) is 0 Å². The summed E-state index contributed by atoms with van der Waals surface area (Å²) in [6, 6.07) is 0.0139. The molecule has 0 unspecified atom stereocenters. The van der Waals surface area contributed by atoms with E-state index in [1.807, 2.05) is 0 Å². The molecule has 0 N–H and O–H groups in total. The fourth-order valence-electron chi connectivity index (χ4n) is 0.871. The van der Waals surface area contributed by atoms with Crippen LogP contribution in [0.1, 0.15) is 20.8 Å². The summed E-state index contributed by atoms with van der Waals surface area (Å²) in [6.07, 6.45) is 0. The van der Waals surface area contributed by atoms with Gasteiger partial charge in [0.2, 0.25) is 0 Å². The van der Waals surface area contributed by atoms with E-state index in [4.69, 9.17) is 0 Å². The standard InChI is InChI=1S/C6H13F3Si/c1-4-10(9,5-2)6(3,7)8/h4-5H2,1-3H3. The minimum absolute atomic E-state index is 0.00694. The van der Waals surface area contributed by atoms with Crippen molar-refractivity contribution in [2.75, 3.05) is 0 Å². The van der Waals surface area contributed by atoms with Crippen molar-refractivity contribution >= 4 is 8.41 Å². The first-order chi connectivity index (χ1) is 4.37. The van der Waals surface area contributed by atoms with Crippen LogP contribution in [-0.4, -0.2) is 14.0 Å². The highest BCUT2D eigenvalue weighted by molar-refractivity contribution is 6.75. The quantitative estimate of drug-likeness (QED) is 0.451. The first-order valence-electron chi connectivity index (χ1n) is 3.44. The van der Waals surface area contributed by atoms with Gasteiger partial charge in [0.1, 0.15) is 0 Å². The third-order valence-corrected chi connectivity index (χ3v) is 5.72. The molecule has 0 nitrogen and oxygen atoms in total. The third kappa shape index (κ3) is 1.75. The van der Waals surface area contributed by atoms with Gasteiger partial charge in [0.25, 0.3) is 5.55 Å². The normalized spacial score (nSPS) is 13.8. The van der Waals surface area contributed by atoms with Crippen LogP contribution in [0.15, 0.2) is 0 Å². The predicted molar refractivity (Wildman–Crippen MR) is 38.4 cm³/mol. The molecule has 4 heteroatoms. The third-order valence-electron chi connectivity index (χ3n) is 1.91. The molecule has 0 saturated heterocycles. The van der Waals surface area contributed by atoms with Crippen LogP contribution in [0.3, 0.4) is 0 Å². The van der Waals surface area contributed by atoms with Crippen LogP contribution in [0.5, 0.6) is 0 Å². The van der Waals surface area contributed by atoms with Crippen molar-refractivity contribution in [3.8, 4) is 0 Å². The van der Waals surface area contributed by atoms with E-state index < -0.39 is 14.0 Å². The molecule has 0 bridgehead atoms. The Hall–Kier alpha value is 0.00688. The van der Waals surface area contributed by atoms with Gasteiger partial charge in [-0.25, -0.2) is 8.78 Å². The summed E-state index contributed by atoms with van der Waals surface area (Å²) in [5.41, 5.74) is -3.07. The monoisotopic (exact) mass is 170 g/mol. The Bertz CT molecular complexity index is 104. The molecule has 0 rings (SSSR count). The molecule has 0 aromatic carbocycles. The summed E-state index contributed by atoms with van der Waals surface area (Å²) in [4.78, 5) is 0. The lowest BCUT2D eigenvalue weighted by atomic mass is 10.8. The molecular weight excluding hydrogens is 157 g/mol. The lowest BCUT2D eigenvalue weighted by Crippen LogP contribution is -2.46. The van der Waals surface area contributed by atoms with E-state index in [9.17, 15) is 12.9 Å². The molecule has 0 saturated carbocycles. The Balaban J connectivity index is 4.33. The maximum absolute atomic E-state index is 13.1. The molecule has 0 fully saturated rings. The summed E-state index contributed by atoms with van der Waals surface area (Å²) in [5, 5.41) is 0. The van der Waals surface area contributed by atoms with Crippen molar-refractivity contribution in [3.05, 3.63) is 0 Å². The smallest absolute Gasteiger partial charge is 0.307 e. The van der Waals surface area contributed by atoms with E-state index in [0.29, 0.717) is 6.92 Å². The zero-order valence-electron chi connectivity index (χ0n) is 6.55. The highest BCUT2D eigenvalue weighted by Gasteiger charge is 2.51. The number of hydrogen-bond acceptors (Lipinski definition) is 0. The van der Waals surface area contributed by atoms with Gasteiger partial charge in [0.05, 0.1) is 0 Å². The summed E-state index contributed by atoms with van der Waals surface area (Å²) in [6.45, 7) is 3.67. The Kier molecular flexibility index (Phi) is 2.95. The summed E-state index contributed by atoms with van der Waals surface area (Å²) in [7, 11) is -3.73. The van der Waals surface area contributed by atoms with Gasteiger partial charge in [-0.1, -0.05) is 13.8 Å². The second-order valence-corrected chi connectivity index (χ2v) is 6.78. The average Bonchev–Trinajstić information content (AvgIpc) is 1.84. The van der Waals surface area contributed by atoms with Gasteiger partial charge in [0, 0.05) is 0 Å².